The fraction of sp³-hybridized carbons (Fsp3) is 0.750. The largest absolute Gasteiger partial charge is 0.481 e. The maximum absolute atomic E-state index is 11.8. The lowest BCUT2D eigenvalue weighted by molar-refractivity contribution is -0.142. The van der Waals surface area contributed by atoms with Crippen LogP contribution in [0.4, 0.5) is 4.79 Å². The second-order valence-corrected chi connectivity index (χ2v) is 4.90. The van der Waals surface area contributed by atoms with Crippen LogP contribution in [0, 0.1) is 11.8 Å². The lowest BCUT2D eigenvalue weighted by Gasteiger charge is -2.22. The number of carbonyl (C=O) groups excluding carboxylic acids is 2. The van der Waals surface area contributed by atoms with Crippen molar-refractivity contribution in [2.24, 2.45) is 11.8 Å². The second-order valence-electron chi connectivity index (χ2n) is 4.90. The molecular formula is C12H21N3O4. The summed E-state index contributed by atoms with van der Waals surface area (Å²) in [7, 11) is 0. The van der Waals surface area contributed by atoms with Crippen molar-refractivity contribution < 1.29 is 19.5 Å². The third-order valence-electron chi connectivity index (χ3n) is 3.46. The van der Waals surface area contributed by atoms with Crippen molar-refractivity contribution >= 4 is 17.9 Å². The number of hydrogen-bond acceptors (Lipinski definition) is 4. The highest BCUT2D eigenvalue weighted by atomic mass is 16.4. The van der Waals surface area contributed by atoms with E-state index in [-0.39, 0.29) is 5.92 Å². The molecule has 3 unspecified atom stereocenters. The molecule has 3 amide bonds. The van der Waals surface area contributed by atoms with Crippen LogP contribution in [0.1, 0.15) is 20.8 Å². The average molecular weight is 271 g/mol. The first kappa shape index (κ1) is 15.4. The second kappa shape index (κ2) is 6.51. The molecule has 1 aliphatic heterocycles. The Morgan fingerprint density at radius 2 is 2.00 bits per heavy atom. The zero-order valence-electron chi connectivity index (χ0n) is 11.5. The molecule has 0 saturated carbocycles. The fourth-order valence-electron chi connectivity index (χ4n) is 2.23. The standard InChI is InChI=1S/C12H21N3O4/c1-4-13-12(19)14-10(16)8(3)15-5-7(2)9(6-15)11(17)18/h7-9H,4-6H2,1-3H3,(H,17,18)(H2,13,14,16,19). The van der Waals surface area contributed by atoms with Crippen LogP contribution in [-0.4, -0.2) is 53.6 Å². The molecule has 1 saturated heterocycles. The lowest BCUT2D eigenvalue weighted by atomic mass is 9.99. The molecule has 7 nitrogen and oxygen atoms in total. The first-order valence-electron chi connectivity index (χ1n) is 6.42. The lowest BCUT2D eigenvalue weighted by Crippen LogP contribution is -2.49. The molecule has 3 N–H and O–H groups in total. The van der Waals surface area contributed by atoms with Gasteiger partial charge in [-0.1, -0.05) is 6.92 Å². The van der Waals surface area contributed by atoms with Crippen LogP contribution in [0.3, 0.4) is 0 Å². The van der Waals surface area contributed by atoms with Gasteiger partial charge in [-0.05, 0) is 19.8 Å². The zero-order valence-corrected chi connectivity index (χ0v) is 11.5. The molecule has 0 bridgehead atoms. The number of carboxylic acid groups (broad SMARTS) is 1. The Labute approximate surface area is 112 Å². The van der Waals surface area contributed by atoms with Gasteiger partial charge in [0.05, 0.1) is 12.0 Å². The van der Waals surface area contributed by atoms with Gasteiger partial charge in [0.2, 0.25) is 5.91 Å². The molecule has 1 rings (SSSR count). The highest BCUT2D eigenvalue weighted by Gasteiger charge is 2.38. The van der Waals surface area contributed by atoms with Gasteiger partial charge < -0.3 is 10.4 Å². The Balaban J connectivity index is 2.54. The van der Waals surface area contributed by atoms with E-state index in [2.05, 4.69) is 10.6 Å². The number of imide groups is 1. The number of hydrogen-bond donors (Lipinski definition) is 3. The predicted octanol–water partition coefficient (Wildman–Crippen LogP) is -0.127. The third kappa shape index (κ3) is 3.92. The number of carbonyl (C=O) groups is 3. The van der Waals surface area contributed by atoms with Crippen LogP contribution in [0.5, 0.6) is 0 Å². The van der Waals surface area contributed by atoms with Crippen LogP contribution in [0.15, 0.2) is 0 Å². The molecule has 108 valence electrons. The molecule has 0 spiro atoms. The number of amides is 3. The topological polar surface area (TPSA) is 98.7 Å². The number of urea groups is 1. The summed E-state index contributed by atoms with van der Waals surface area (Å²) in [5.41, 5.74) is 0. The predicted molar refractivity (Wildman–Crippen MR) is 68.5 cm³/mol. The van der Waals surface area contributed by atoms with Crippen molar-refractivity contribution in [3.8, 4) is 0 Å². The van der Waals surface area contributed by atoms with E-state index in [1.807, 2.05) is 6.92 Å². The molecular weight excluding hydrogens is 250 g/mol. The molecule has 0 aromatic rings. The highest BCUT2D eigenvalue weighted by molar-refractivity contribution is 5.96. The Morgan fingerprint density at radius 1 is 1.37 bits per heavy atom. The average Bonchev–Trinajstić information content (AvgIpc) is 2.70. The molecule has 0 aromatic carbocycles. The number of nitrogens with one attached hydrogen (secondary N) is 2. The van der Waals surface area contributed by atoms with Gasteiger partial charge in [0.25, 0.3) is 0 Å². The monoisotopic (exact) mass is 271 g/mol. The summed E-state index contributed by atoms with van der Waals surface area (Å²) in [6.45, 7) is 6.60. The van der Waals surface area contributed by atoms with Crippen LogP contribution in [0.2, 0.25) is 0 Å². The van der Waals surface area contributed by atoms with Crippen molar-refractivity contribution in [2.75, 3.05) is 19.6 Å². The van der Waals surface area contributed by atoms with Crippen LogP contribution in [0.25, 0.3) is 0 Å². The van der Waals surface area contributed by atoms with E-state index in [4.69, 9.17) is 5.11 Å². The smallest absolute Gasteiger partial charge is 0.321 e. The molecule has 1 heterocycles. The van der Waals surface area contributed by atoms with Crippen molar-refractivity contribution in [1.29, 1.82) is 0 Å². The molecule has 1 aliphatic rings. The Kier molecular flexibility index (Phi) is 5.29. The van der Waals surface area contributed by atoms with Gasteiger partial charge in [-0.3, -0.25) is 19.8 Å². The number of likely N-dealkylation sites (tertiary alicyclic amines) is 1. The normalized spacial score (nSPS) is 24.8. The van der Waals surface area contributed by atoms with Crippen LogP contribution in [-0.2, 0) is 9.59 Å². The van der Waals surface area contributed by atoms with Gasteiger partial charge in [-0.15, -0.1) is 0 Å². The first-order chi connectivity index (χ1) is 8.86. The van der Waals surface area contributed by atoms with Gasteiger partial charge in [-0.2, -0.15) is 0 Å². The maximum Gasteiger partial charge on any atom is 0.321 e. The van der Waals surface area contributed by atoms with Gasteiger partial charge in [0, 0.05) is 19.6 Å². The zero-order chi connectivity index (χ0) is 14.6. The van der Waals surface area contributed by atoms with Gasteiger partial charge in [0.1, 0.15) is 0 Å². The summed E-state index contributed by atoms with van der Waals surface area (Å²) in [5, 5.41) is 13.8. The Bertz CT molecular complexity index is 372. The highest BCUT2D eigenvalue weighted by Crippen LogP contribution is 2.24. The third-order valence-corrected chi connectivity index (χ3v) is 3.46. The summed E-state index contributed by atoms with van der Waals surface area (Å²) in [6, 6.07) is -1.05. The van der Waals surface area contributed by atoms with Gasteiger partial charge in [0.15, 0.2) is 0 Å². The number of rotatable bonds is 4. The fourth-order valence-corrected chi connectivity index (χ4v) is 2.23. The molecule has 0 aromatic heterocycles. The van der Waals surface area contributed by atoms with Crippen LogP contribution < -0.4 is 10.6 Å². The van der Waals surface area contributed by atoms with Crippen LogP contribution >= 0.6 is 0 Å². The minimum atomic E-state index is -0.841. The molecule has 0 aliphatic carbocycles. The van der Waals surface area contributed by atoms with Crippen molar-refractivity contribution in [3.05, 3.63) is 0 Å². The van der Waals surface area contributed by atoms with E-state index >= 15 is 0 Å². The summed E-state index contributed by atoms with van der Waals surface area (Å²) >= 11 is 0. The molecule has 1 fully saturated rings. The van der Waals surface area contributed by atoms with E-state index in [1.165, 1.54) is 0 Å². The van der Waals surface area contributed by atoms with E-state index < -0.39 is 29.9 Å². The van der Waals surface area contributed by atoms with E-state index in [1.54, 1.807) is 18.7 Å². The van der Waals surface area contributed by atoms with E-state index in [9.17, 15) is 14.4 Å². The number of nitrogens with zero attached hydrogens (tertiary/aromatic N) is 1. The first-order valence-corrected chi connectivity index (χ1v) is 6.42. The Morgan fingerprint density at radius 3 is 2.47 bits per heavy atom. The van der Waals surface area contributed by atoms with Crippen molar-refractivity contribution in [2.45, 2.75) is 26.8 Å². The summed E-state index contributed by atoms with van der Waals surface area (Å²) in [4.78, 5) is 35.9. The molecule has 7 heteroatoms. The number of aliphatic carboxylic acids is 1. The summed E-state index contributed by atoms with van der Waals surface area (Å²) < 4.78 is 0. The van der Waals surface area contributed by atoms with Gasteiger partial charge >= 0.3 is 12.0 Å². The van der Waals surface area contributed by atoms with E-state index in [0.717, 1.165) is 0 Å². The maximum atomic E-state index is 11.8. The molecule has 3 atom stereocenters. The molecule has 0 radical (unpaired) electrons. The minimum Gasteiger partial charge on any atom is -0.481 e. The minimum absolute atomic E-state index is 0.00258. The Hall–Kier alpha value is -1.63. The summed E-state index contributed by atoms with van der Waals surface area (Å²) in [5.74, 6) is -1.72. The number of carboxylic acids is 1. The van der Waals surface area contributed by atoms with Gasteiger partial charge in [-0.25, -0.2) is 4.79 Å². The summed E-state index contributed by atoms with van der Waals surface area (Å²) in [6.07, 6.45) is 0. The van der Waals surface area contributed by atoms with E-state index in [0.29, 0.717) is 19.6 Å². The quantitative estimate of drug-likeness (QED) is 0.661. The van der Waals surface area contributed by atoms with Crippen molar-refractivity contribution in [1.82, 2.24) is 15.5 Å². The molecule has 19 heavy (non-hydrogen) atoms. The van der Waals surface area contributed by atoms with Crippen molar-refractivity contribution in [3.63, 3.8) is 0 Å². The SMILES string of the molecule is CCNC(=O)NC(=O)C(C)N1CC(C)C(C(=O)O)C1.